The highest BCUT2D eigenvalue weighted by atomic mass is 35.5. The topological polar surface area (TPSA) is 47.0 Å². The van der Waals surface area contributed by atoms with Crippen LogP contribution in [0.4, 0.5) is 5.82 Å². The number of hydrogen-bond donors (Lipinski definition) is 1. The van der Waals surface area contributed by atoms with Crippen molar-refractivity contribution in [3.63, 3.8) is 0 Å². The maximum atomic E-state index is 6.13. The number of halogens is 1. The Bertz CT molecular complexity index is 603. The number of hydrogen-bond acceptors (Lipinski definition) is 4. The molecule has 4 nitrogen and oxygen atoms in total. The van der Waals surface area contributed by atoms with E-state index in [0.29, 0.717) is 16.8 Å². The van der Waals surface area contributed by atoms with E-state index in [1.165, 1.54) is 19.3 Å². The van der Waals surface area contributed by atoms with Crippen molar-refractivity contribution in [2.75, 3.05) is 12.4 Å². The van der Waals surface area contributed by atoms with E-state index in [2.05, 4.69) is 29.1 Å². The number of unbranched alkanes of at least 4 members (excludes halogenated alkanes) is 2. The lowest BCUT2D eigenvalue weighted by Gasteiger charge is -2.14. The number of rotatable bonds is 7. The van der Waals surface area contributed by atoms with Gasteiger partial charge in [0.15, 0.2) is 0 Å². The Morgan fingerprint density at radius 1 is 1.29 bits per heavy atom. The van der Waals surface area contributed by atoms with Crippen LogP contribution >= 0.6 is 11.6 Å². The van der Waals surface area contributed by atoms with Gasteiger partial charge in [0.1, 0.15) is 11.6 Å². The van der Waals surface area contributed by atoms with Gasteiger partial charge in [0.05, 0.1) is 29.4 Å². The molecule has 1 unspecified atom stereocenters. The van der Waals surface area contributed by atoms with Crippen LogP contribution in [0.2, 0.25) is 5.02 Å². The van der Waals surface area contributed by atoms with E-state index in [1.807, 2.05) is 0 Å². The van der Waals surface area contributed by atoms with Gasteiger partial charge in [-0.1, -0.05) is 37.8 Å². The number of anilines is 1. The smallest absolute Gasteiger partial charge is 0.145 e. The summed E-state index contributed by atoms with van der Waals surface area (Å²) in [6.07, 6.45) is 6.63. The van der Waals surface area contributed by atoms with Crippen molar-refractivity contribution < 1.29 is 4.74 Å². The average Bonchev–Trinajstić information content (AvgIpc) is 2.46. The van der Waals surface area contributed by atoms with Crippen LogP contribution in [-0.4, -0.2) is 23.1 Å². The first-order valence-electron chi connectivity index (χ1n) is 7.41. The summed E-state index contributed by atoms with van der Waals surface area (Å²) in [5.74, 6) is 1.40. The lowest BCUT2D eigenvalue weighted by molar-refractivity contribution is 0.415. The zero-order chi connectivity index (χ0) is 15.2. The summed E-state index contributed by atoms with van der Waals surface area (Å²) in [5, 5.41) is 3.94. The molecule has 0 saturated carbocycles. The Labute approximate surface area is 130 Å². The molecule has 1 aromatic heterocycles. The molecule has 0 radical (unpaired) electrons. The van der Waals surface area contributed by atoms with E-state index in [9.17, 15) is 0 Å². The van der Waals surface area contributed by atoms with Gasteiger partial charge in [-0.25, -0.2) is 4.98 Å². The fourth-order valence-corrected chi connectivity index (χ4v) is 2.50. The zero-order valence-electron chi connectivity index (χ0n) is 12.8. The maximum absolute atomic E-state index is 6.13. The molecular weight excluding hydrogens is 286 g/mol. The third-order valence-electron chi connectivity index (χ3n) is 3.45. The fourth-order valence-electron chi connectivity index (χ4n) is 2.27. The van der Waals surface area contributed by atoms with Crippen molar-refractivity contribution in [1.82, 2.24) is 9.97 Å². The minimum atomic E-state index is 0.386. The van der Waals surface area contributed by atoms with Gasteiger partial charge in [0, 0.05) is 12.1 Å². The SMILES string of the molecule is CCCCCC(C)Nc1cnc2cc(OC)c(Cl)cc2n1. The minimum absolute atomic E-state index is 0.386. The molecule has 0 aliphatic carbocycles. The second-order valence-electron chi connectivity index (χ2n) is 5.27. The molecule has 0 fully saturated rings. The van der Waals surface area contributed by atoms with Crippen molar-refractivity contribution in [3.05, 3.63) is 23.4 Å². The summed E-state index contributed by atoms with van der Waals surface area (Å²) in [7, 11) is 1.59. The van der Waals surface area contributed by atoms with Crippen LogP contribution in [0.25, 0.3) is 11.0 Å². The number of aromatic nitrogens is 2. The van der Waals surface area contributed by atoms with Crippen molar-refractivity contribution in [3.8, 4) is 5.75 Å². The Hall–Kier alpha value is -1.55. The van der Waals surface area contributed by atoms with Crippen molar-refractivity contribution in [2.24, 2.45) is 0 Å². The highest BCUT2D eigenvalue weighted by molar-refractivity contribution is 6.32. The number of nitrogens with zero attached hydrogens (tertiary/aromatic N) is 2. The molecule has 0 bridgehead atoms. The normalized spacial score (nSPS) is 12.4. The van der Waals surface area contributed by atoms with Gasteiger partial charge in [0.2, 0.25) is 0 Å². The summed E-state index contributed by atoms with van der Waals surface area (Å²) in [6, 6.07) is 3.98. The molecule has 1 heterocycles. The molecule has 0 saturated heterocycles. The number of nitrogens with one attached hydrogen (secondary N) is 1. The van der Waals surface area contributed by atoms with Crippen LogP contribution < -0.4 is 10.1 Å². The van der Waals surface area contributed by atoms with Crippen LogP contribution in [-0.2, 0) is 0 Å². The van der Waals surface area contributed by atoms with E-state index in [0.717, 1.165) is 23.3 Å². The van der Waals surface area contributed by atoms with E-state index in [1.54, 1.807) is 25.4 Å². The number of fused-ring (bicyclic) bond motifs is 1. The van der Waals surface area contributed by atoms with Crippen molar-refractivity contribution in [1.29, 1.82) is 0 Å². The number of benzene rings is 1. The average molecular weight is 308 g/mol. The van der Waals surface area contributed by atoms with Crippen LogP contribution in [0.5, 0.6) is 5.75 Å². The highest BCUT2D eigenvalue weighted by Gasteiger charge is 2.08. The third-order valence-corrected chi connectivity index (χ3v) is 3.75. The Morgan fingerprint density at radius 3 is 2.81 bits per heavy atom. The molecular formula is C16H22ClN3O. The standard InChI is InChI=1S/C16H22ClN3O/c1-4-5-6-7-11(2)19-16-10-18-13-9-15(21-3)12(17)8-14(13)20-16/h8-11H,4-7H2,1-3H3,(H,19,20). The van der Waals surface area contributed by atoms with Gasteiger partial charge in [-0.15, -0.1) is 0 Å². The first-order chi connectivity index (χ1) is 10.1. The molecule has 21 heavy (non-hydrogen) atoms. The van der Waals surface area contributed by atoms with Gasteiger partial charge in [-0.3, -0.25) is 4.98 Å². The summed E-state index contributed by atoms with van der Waals surface area (Å²) in [6.45, 7) is 4.38. The fraction of sp³-hybridized carbons (Fsp3) is 0.500. The number of methoxy groups -OCH3 is 1. The maximum Gasteiger partial charge on any atom is 0.145 e. The molecule has 0 amide bonds. The predicted octanol–water partition coefficient (Wildman–Crippen LogP) is 4.67. The Morgan fingerprint density at radius 2 is 2.10 bits per heavy atom. The summed E-state index contributed by atoms with van der Waals surface area (Å²) < 4.78 is 5.19. The van der Waals surface area contributed by atoms with Crippen LogP contribution in [0.3, 0.4) is 0 Å². The molecule has 1 N–H and O–H groups in total. The molecule has 1 aromatic carbocycles. The van der Waals surface area contributed by atoms with E-state index in [-0.39, 0.29) is 0 Å². The summed E-state index contributed by atoms with van der Waals surface area (Å²) in [5.41, 5.74) is 1.55. The Kier molecular flexibility index (Phi) is 5.62. The van der Waals surface area contributed by atoms with Gasteiger partial charge in [-0.05, 0) is 19.4 Å². The number of ether oxygens (including phenoxy) is 1. The molecule has 5 heteroatoms. The third kappa shape index (κ3) is 4.21. The molecule has 114 valence electrons. The monoisotopic (exact) mass is 307 g/mol. The molecule has 2 rings (SSSR count). The first kappa shape index (κ1) is 15.8. The minimum Gasteiger partial charge on any atom is -0.495 e. The lowest BCUT2D eigenvalue weighted by atomic mass is 10.1. The second kappa shape index (κ2) is 7.46. The van der Waals surface area contributed by atoms with E-state index >= 15 is 0 Å². The molecule has 0 spiro atoms. The van der Waals surface area contributed by atoms with Crippen LogP contribution in [0, 0.1) is 0 Å². The molecule has 1 atom stereocenters. The van der Waals surface area contributed by atoms with Gasteiger partial charge >= 0.3 is 0 Å². The lowest BCUT2D eigenvalue weighted by Crippen LogP contribution is -2.16. The van der Waals surface area contributed by atoms with Crippen molar-refractivity contribution >= 4 is 28.5 Å². The second-order valence-corrected chi connectivity index (χ2v) is 5.68. The van der Waals surface area contributed by atoms with Crippen LogP contribution in [0.15, 0.2) is 18.3 Å². The predicted molar refractivity (Wildman–Crippen MR) is 88.3 cm³/mol. The molecule has 0 aliphatic heterocycles. The van der Waals surface area contributed by atoms with E-state index < -0.39 is 0 Å². The summed E-state index contributed by atoms with van der Waals surface area (Å²) in [4.78, 5) is 8.98. The largest absolute Gasteiger partial charge is 0.495 e. The molecule has 2 aromatic rings. The first-order valence-corrected chi connectivity index (χ1v) is 7.78. The van der Waals surface area contributed by atoms with Gasteiger partial charge < -0.3 is 10.1 Å². The summed E-state index contributed by atoms with van der Waals surface area (Å²) >= 11 is 6.13. The zero-order valence-corrected chi connectivity index (χ0v) is 13.6. The quantitative estimate of drug-likeness (QED) is 0.755. The molecule has 0 aliphatic rings. The Balaban J connectivity index is 2.11. The van der Waals surface area contributed by atoms with Gasteiger partial charge in [0.25, 0.3) is 0 Å². The van der Waals surface area contributed by atoms with E-state index in [4.69, 9.17) is 16.3 Å². The van der Waals surface area contributed by atoms with Crippen molar-refractivity contribution in [2.45, 2.75) is 45.6 Å². The highest BCUT2D eigenvalue weighted by Crippen LogP contribution is 2.28. The van der Waals surface area contributed by atoms with Gasteiger partial charge in [-0.2, -0.15) is 0 Å². The van der Waals surface area contributed by atoms with Crippen LogP contribution in [0.1, 0.15) is 39.5 Å².